The molecule has 2 saturated heterocycles. The molecule has 0 N–H and O–H groups in total. The van der Waals surface area contributed by atoms with Crippen molar-refractivity contribution >= 4 is 12.0 Å². The van der Waals surface area contributed by atoms with Crippen molar-refractivity contribution in [3.8, 4) is 0 Å². The van der Waals surface area contributed by atoms with E-state index in [1.165, 1.54) is 0 Å². The number of ether oxygens (including phenoxy) is 2. The van der Waals surface area contributed by atoms with Crippen LogP contribution in [0, 0.1) is 5.92 Å². The number of methoxy groups -OCH3 is 1. The molecule has 2 unspecified atom stereocenters. The van der Waals surface area contributed by atoms with E-state index < -0.39 is 5.60 Å². The van der Waals surface area contributed by atoms with Gasteiger partial charge in [0, 0.05) is 26.7 Å². The Morgan fingerprint density at radius 3 is 2.56 bits per heavy atom. The van der Waals surface area contributed by atoms with Crippen molar-refractivity contribution in [1.82, 2.24) is 9.80 Å². The Balaban J connectivity index is 2.02. The van der Waals surface area contributed by atoms with Crippen LogP contribution in [-0.2, 0) is 14.3 Å². The van der Waals surface area contributed by atoms with Crippen molar-refractivity contribution in [3.05, 3.63) is 0 Å². The normalized spacial score (nSPS) is 27.0. The SMILES string of the molecule is CCCC1(COC)CCCN1C(=O)C1CCN(C(=O)OC(C)(C)C)C1. The standard InChI is InChI=1S/C19H34N2O4/c1-6-9-19(14-24-5)10-7-11-21(19)16(22)15-8-12-20(13-15)17(23)25-18(2,3)4/h15H,6-14H2,1-5H3. The lowest BCUT2D eigenvalue weighted by atomic mass is 9.90. The molecule has 2 fully saturated rings. The van der Waals surface area contributed by atoms with E-state index in [4.69, 9.17) is 9.47 Å². The van der Waals surface area contributed by atoms with Crippen LogP contribution in [0.25, 0.3) is 0 Å². The minimum absolute atomic E-state index is 0.126. The van der Waals surface area contributed by atoms with E-state index in [2.05, 4.69) is 6.92 Å². The number of amides is 2. The van der Waals surface area contributed by atoms with Crippen LogP contribution in [0.15, 0.2) is 0 Å². The lowest BCUT2D eigenvalue weighted by Crippen LogP contribution is -2.52. The van der Waals surface area contributed by atoms with Gasteiger partial charge in [-0.25, -0.2) is 4.79 Å². The Morgan fingerprint density at radius 2 is 1.96 bits per heavy atom. The third-order valence-corrected chi connectivity index (χ3v) is 5.18. The number of carbonyl (C=O) groups excluding carboxylic acids is 2. The van der Waals surface area contributed by atoms with Crippen molar-refractivity contribution in [3.63, 3.8) is 0 Å². The van der Waals surface area contributed by atoms with Crippen LogP contribution in [0.2, 0.25) is 0 Å². The van der Waals surface area contributed by atoms with E-state index in [1.807, 2.05) is 25.7 Å². The van der Waals surface area contributed by atoms with Gasteiger partial charge in [-0.05, 0) is 46.5 Å². The van der Waals surface area contributed by atoms with Crippen LogP contribution < -0.4 is 0 Å². The van der Waals surface area contributed by atoms with Crippen molar-refractivity contribution in [2.75, 3.05) is 33.4 Å². The van der Waals surface area contributed by atoms with Crippen molar-refractivity contribution in [2.45, 2.75) is 70.9 Å². The summed E-state index contributed by atoms with van der Waals surface area (Å²) in [5, 5.41) is 0. The number of nitrogens with zero attached hydrogens (tertiary/aromatic N) is 2. The van der Waals surface area contributed by atoms with Crippen molar-refractivity contribution in [2.24, 2.45) is 5.92 Å². The summed E-state index contributed by atoms with van der Waals surface area (Å²) in [6.07, 6.45) is 4.42. The van der Waals surface area contributed by atoms with E-state index in [0.29, 0.717) is 26.1 Å². The fourth-order valence-electron chi connectivity index (χ4n) is 4.17. The van der Waals surface area contributed by atoms with Crippen molar-refractivity contribution < 1.29 is 19.1 Å². The molecule has 0 aromatic carbocycles. The van der Waals surface area contributed by atoms with Crippen molar-refractivity contribution in [1.29, 1.82) is 0 Å². The Kier molecular flexibility index (Phi) is 6.35. The summed E-state index contributed by atoms with van der Waals surface area (Å²) in [5.41, 5.74) is -0.678. The zero-order chi connectivity index (χ0) is 18.7. The molecular formula is C19H34N2O4. The molecule has 2 atom stereocenters. The number of hydrogen-bond donors (Lipinski definition) is 0. The van der Waals surface area contributed by atoms with Gasteiger partial charge in [-0.15, -0.1) is 0 Å². The van der Waals surface area contributed by atoms with Gasteiger partial charge in [-0.2, -0.15) is 0 Å². The van der Waals surface area contributed by atoms with Gasteiger partial charge in [0.05, 0.1) is 18.1 Å². The number of likely N-dealkylation sites (tertiary alicyclic amines) is 2. The quantitative estimate of drug-likeness (QED) is 0.761. The first kappa shape index (κ1) is 20.0. The van der Waals surface area contributed by atoms with E-state index >= 15 is 0 Å². The maximum Gasteiger partial charge on any atom is 0.410 e. The molecule has 144 valence electrons. The Bertz CT molecular complexity index is 480. The highest BCUT2D eigenvalue weighted by Gasteiger charge is 2.46. The van der Waals surface area contributed by atoms with Gasteiger partial charge in [0.2, 0.25) is 5.91 Å². The second kappa shape index (κ2) is 7.94. The third-order valence-electron chi connectivity index (χ3n) is 5.18. The summed E-state index contributed by atoms with van der Waals surface area (Å²) >= 11 is 0. The number of rotatable bonds is 5. The Morgan fingerprint density at radius 1 is 1.24 bits per heavy atom. The van der Waals surface area contributed by atoms with E-state index in [1.54, 1.807) is 12.0 Å². The van der Waals surface area contributed by atoms with Crippen LogP contribution in [0.4, 0.5) is 4.79 Å². The van der Waals surface area contributed by atoms with Crippen LogP contribution in [0.3, 0.4) is 0 Å². The van der Waals surface area contributed by atoms with Gasteiger partial charge < -0.3 is 19.3 Å². The van der Waals surface area contributed by atoms with Crippen LogP contribution in [0.1, 0.15) is 59.8 Å². The maximum atomic E-state index is 13.2. The molecule has 0 aromatic rings. The molecule has 0 bridgehead atoms. The predicted octanol–water partition coefficient (Wildman–Crippen LogP) is 3.05. The molecular weight excluding hydrogens is 320 g/mol. The van der Waals surface area contributed by atoms with E-state index in [-0.39, 0.29) is 23.5 Å². The minimum Gasteiger partial charge on any atom is -0.444 e. The molecule has 2 amide bonds. The van der Waals surface area contributed by atoms with Crippen LogP contribution >= 0.6 is 0 Å². The van der Waals surface area contributed by atoms with E-state index in [0.717, 1.165) is 32.2 Å². The van der Waals surface area contributed by atoms with Gasteiger partial charge in [0.15, 0.2) is 0 Å². The molecule has 0 saturated carbocycles. The topological polar surface area (TPSA) is 59.1 Å². The van der Waals surface area contributed by atoms with Crippen LogP contribution in [0.5, 0.6) is 0 Å². The second-order valence-corrected chi connectivity index (χ2v) is 8.41. The summed E-state index contributed by atoms with van der Waals surface area (Å²) in [4.78, 5) is 29.1. The first-order valence-corrected chi connectivity index (χ1v) is 9.51. The summed E-state index contributed by atoms with van der Waals surface area (Å²) < 4.78 is 10.9. The zero-order valence-electron chi connectivity index (χ0n) is 16.5. The summed E-state index contributed by atoms with van der Waals surface area (Å²) in [6, 6.07) is 0. The van der Waals surface area contributed by atoms with Gasteiger partial charge in [0.1, 0.15) is 5.60 Å². The first-order valence-electron chi connectivity index (χ1n) is 9.51. The molecule has 0 radical (unpaired) electrons. The highest BCUT2D eigenvalue weighted by Crippen LogP contribution is 2.36. The fourth-order valence-corrected chi connectivity index (χ4v) is 4.17. The lowest BCUT2D eigenvalue weighted by Gasteiger charge is -2.39. The smallest absolute Gasteiger partial charge is 0.410 e. The van der Waals surface area contributed by atoms with Gasteiger partial charge in [0.25, 0.3) is 0 Å². The predicted molar refractivity (Wildman–Crippen MR) is 96.4 cm³/mol. The second-order valence-electron chi connectivity index (χ2n) is 8.41. The van der Waals surface area contributed by atoms with Crippen LogP contribution in [-0.4, -0.2) is 66.3 Å². The number of hydrogen-bond acceptors (Lipinski definition) is 4. The molecule has 0 aromatic heterocycles. The average molecular weight is 354 g/mol. The molecule has 2 aliphatic heterocycles. The third kappa shape index (κ3) is 4.66. The lowest BCUT2D eigenvalue weighted by molar-refractivity contribution is -0.141. The molecule has 25 heavy (non-hydrogen) atoms. The van der Waals surface area contributed by atoms with Gasteiger partial charge in [-0.1, -0.05) is 13.3 Å². The fraction of sp³-hybridized carbons (Fsp3) is 0.895. The first-order chi connectivity index (χ1) is 11.7. The zero-order valence-corrected chi connectivity index (χ0v) is 16.5. The molecule has 0 aliphatic carbocycles. The highest BCUT2D eigenvalue weighted by atomic mass is 16.6. The molecule has 2 heterocycles. The highest BCUT2D eigenvalue weighted by molar-refractivity contribution is 5.82. The molecule has 0 spiro atoms. The average Bonchev–Trinajstić information content (AvgIpc) is 3.13. The summed E-state index contributed by atoms with van der Waals surface area (Å²) in [7, 11) is 1.71. The monoisotopic (exact) mass is 354 g/mol. The summed E-state index contributed by atoms with van der Waals surface area (Å²) in [5.74, 6) is 0.0489. The summed E-state index contributed by atoms with van der Waals surface area (Å²) in [6.45, 7) is 10.2. The molecule has 6 heteroatoms. The molecule has 2 rings (SSSR count). The Hall–Kier alpha value is -1.30. The maximum absolute atomic E-state index is 13.2. The largest absolute Gasteiger partial charge is 0.444 e. The van der Waals surface area contributed by atoms with E-state index in [9.17, 15) is 9.59 Å². The van der Waals surface area contributed by atoms with Gasteiger partial charge in [-0.3, -0.25) is 4.79 Å². The number of carbonyl (C=O) groups is 2. The van der Waals surface area contributed by atoms with Gasteiger partial charge >= 0.3 is 6.09 Å². The Labute approximate surface area is 151 Å². The molecule has 6 nitrogen and oxygen atoms in total. The molecule has 2 aliphatic rings. The minimum atomic E-state index is -0.511.